The van der Waals surface area contributed by atoms with Gasteiger partial charge in [0.2, 0.25) is 0 Å². The van der Waals surface area contributed by atoms with E-state index < -0.39 is 0 Å². The first-order chi connectivity index (χ1) is 6.31. The molecule has 1 aliphatic heterocycles. The molecule has 2 aliphatic rings. The van der Waals surface area contributed by atoms with Gasteiger partial charge in [-0.25, -0.2) is 4.79 Å². The molecular weight excluding hydrogens is 168 g/mol. The van der Waals surface area contributed by atoms with E-state index in [1.54, 1.807) is 0 Å². The molecule has 0 radical (unpaired) electrons. The lowest BCUT2D eigenvalue weighted by molar-refractivity contribution is -0.138. The summed E-state index contributed by atoms with van der Waals surface area (Å²) in [5.41, 5.74) is 0. The van der Waals surface area contributed by atoms with Crippen LogP contribution in [0.1, 0.15) is 19.3 Å². The monoisotopic (exact) mass is 180 g/mol. The van der Waals surface area contributed by atoms with Crippen molar-refractivity contribution in [1.29, 1.82) is 0 Å². The van der Waals surface area contributed by atoms with E-state index in [0.29, 0.717) is 12.5 Å². The zero-order chi connectivity index (χ0) is 9.26. The molecule has 0 bridgehead atoms. The van der Waals surface area contributed by atoms with Gasteiger partial charge in [0.25, 0.3) is 0 Å². The fourth-order valence-corrected chi connectivity index (χ4v) is 1.63. The van der Waals surface area contributed by atoms with Crippen LogP contribution in [0.15, 0.2) is 24.2 Å². The summed E-state index contributed by atoms with van der Waals surface area (Å²) < 4.78 is 10.2. The van der Waals surface area contributed by atoms with E-state index in [9.17, 15) is 4.79 Å². The Balaban J connectivity index is 1.82. The van der Waals surface area contributed by atoms with E-state index in [1.807, 2.05) is 0 Å². The first-order valence-electron chi connectivity index (χ1n) is 4.51. The van der Waals surface area contributed by atoms with Crippen LogP contribution in [-0.2, 0) is 14.3 Å². The SMILES string of the molecule is C=CC(=O)OCC1CCCC2=C1O2. The van der Waals surface area contributed by atoms with Crippen molar-refractivity contribution in [2.75, 3.05) is 6.61 Å². The van der Waals surface area contributed by atoms with Crippen molar-refractivity contribution in [3.8, 4) is 0 Å². The van der Waals surface area contributed by atoms with E-state index in [0.717, 1.165) is 30.8 Å². The summed E-state index contributed by atoms with van der Waals surface area (Å²) in [6.07, 6.45) is 4.44. The predicted octanol–water partition coefficient (Wildman–Crippen LogP) is 1.76. The summed E-state index contributed by atoms with van der Waals surface area (Å²) >= 11 is 0. The molecule has 0 fully saturated rings. The molecule has 0 amide bonds. The summed E-state index contributed by atoms with van der Waals surface area (Å²) in [6, 6.07) is 0. The van der Waals surface area contributed by atoms with Gasteiger partial charge in [0.1, 0.15) is 18.1 Å². The van der Waals surface area contributed by atoms with Crippen LogP contribution in [0, 0.1) is 5.92 Å². The van der Waals surface area contributed by atoms with E-state index >= 15 is 0 Å². The number of esters is 1. The molecule has 1 heterocycles. The summed E-state index contributed by atoms with van der Waals surface area (Å²) in [5.74, 6) is 2.12. The fraction of sp³-hybridized carbons (Fsp3) is 0.500. The number of carbonyl (C=O) groups excluding carboxylic acids is 1. The van der Waals surface area contributed by atoms with Crippen LogP contribution in [0.5, 0.6) is 0 Å². The van der Waals surface area contributed by atoms with Gasteiger partial charge in [0.05, 0.1) is 5.92 Å². The maximum atomic E-state index is 10.8. The van der Waals surface area contributed by atoms with Gasteiger partial charge in [-0.3, -0.25) is 0 Å². The van der Waals surface area contributed by atoms with Crippen LogP contribution in [0.4, 0.5) is 0 Å². The van der Waals surface area contributed by atoms with Gasteiger partial charge in [0.15, 0.2) is 0 Å². The maximum Gasteiger partial charge on any atom is 0.330 e. The fourth-order valence-electron chi connectivity index (χ4n) is 1.63. The van der Waals surface area contributed by atoms with Gasteiger partial charge in [0, 0.05) is 12.5 Å². The standard InChI is InChI=1S/C10H12O3/c1-2-9(11)12-6-7-4-3-5-8-10(7)13-8/h2,7H,1,3-6H2. The smallest absolute Gasteiger partial charge is 0.330 e. The van der Waals surface area contributed by atoms with Gasteiger partial charge in [-0.05, 0) is 12.8 Å². The van der Waals surface area contributed by atoms with Crippen LogP contribution >= 0.6 is 0 Å². The molecule has 0 spiro atoms. The first kappa shape index (κ1) is 8.35. The minimum absolute atomic E-state index is 0.299. The molecule has 0 saturated carbocycles. The van der Waals surface area contributed by atoms with Gasteiger partial charge < -0.3 is 9.47 Å². The van der Waals surface area contributed by atoms with Crippen LogP contribution in [0.2, 0.25) is 0 Å². The molecule has 0 aromatic heterocycles. The van der Waals surface area contributed by atoms with Crippen LogP contribution in [0.3, 0.4) is 0 Å². The highest BCUT2D eigenvalue weighted by atomic mass is 16.6. The van der Waals surface area contributed by atoms with Crippen molar-refractivity contribution in [2.24, 2.45) is 5.92 Å². The van der Waals surface area contributed by atoms with Crippen molar-refractivity contribution in [3.63, 3.8) is 0 Å². The van der Waals surface area contributed by atoms with E-state index in [4.69, 9.17) is 9.47 Å². The van der Waals surface area contributed by atoms with E-state index in [2.05, 4.69) is 6.58 Å². The van der Waals surface area contributed by atoms with Crippen LogP contribution in [-0.4, -0.2) is 12.6 Å². The molecule has 0 aromatic carbocycles. The van der Waals surface area contributed by atoms with Crippen LogP contribution < -0.4 is 0 Å². The Morgan fingerprint density at radius 3 is 3.38 bits per heavy atom. The highest BCUT2D eigenvalue weighted by molar-refractivity contribution is 5.81. The molecule has 1 aliphatic carbocycles. The summed E-state index contributed by atoms with van der Waals surface area (Å²) in [5, 5.41) is 0. The Morgan fingerprint density at radius 1 is 1.77 bits per heavy atom. The van der Waals surface area contributed by atoms with Crippen LogP contribution in [0.25, 0.3) is 0 Å². The van der Waals surface area contributed by atoms with Crippen molar-refractivity contribution >= 4 is 5.97 Å². The molecule has 3 nitrogen and oxygen atoms in total. The number of hydrogen-bond acceptors (Lipinski definition) is 3. The Kier molecular flexibility index (Phi) is 2.08. The maximum absolute atomic E-state index is 10.8. The lowest BCUT2D eigenvalue weighted by Crippen LogP contribution is -2.13. The second kappa shape index (κ2) is 3.24. The molecule has 13 heavy (non-hydrogen) atoms. The average molecular weight is 180 g/mol. The normalized spacial score (nSPS) is 24.5. The Morgan fingerprint density at radius 2 is 2.62 bits per heavy atom. The third kappa shape index (κ3) is 1.74. The Hall–Kier alpha value is -1.25. The van der Waals surface area contributed by atoms with Crippen molar-refractivity contribution in [1.82, 2.24) is 0 Å². The van der Waals surface area contributed by atoms with Gasteiger partial charge in [-0.2, -0.15) is 0 Å². The molecule has 70 valence electrons. The number of hydrogen-bond donors (Lipinski definition) is 0. The largest absolute Gasteiger partial charge is 0.462 e. The lowest BCUT2D eigenvalue weighted by atomic mass is 9.97. The molecule has 2 rings (SSSR count). The van der Waals surface area contributed by atoms with E-state index in [1.165, 1.54) is 6.08 Å². The topological polar surface area (TPSA) is 38.8 Å². The predicted molar refractivity (Wildman–Crippen MR) is 46.6 cm³/mol. The van der Waals surface area contributed by atoms with Crippen molar-refractivity contribution in [2.45, 2.75) is 19.3 Å². The average Bonchev–Trinajstić information content (AvgIpc) is 2.92. The quantitative estimate of drug-likeness (QED) is 0.490. The molecule has 0 N–H and O–H groups in total. The molecule has 3 heteroatoms. The van der Waals surface area contributed by atoms with Crippen molar-refractivity contribution < 1.29 is 14.3 Å². The first-order valence-corrected chi connectivity index (χ1v) is 4.51. The number of rotatable bonds is 3. The molecular formula is C10H12O3. The number of ether oxygens (including phenoxy) is 2. The second-order valence-corrected chi connectivity index (χ2v) is 3.31. The zero-order valence-corrected chi connectivity index (χ0v) is 7.41. The highest BCUT2D eigenvalue weighted by Crippen LogP contribution is 2.43. The summed E-state index contributed by atoms with van der Waals surface area (Å²) in [4.78, 5) is 10.8. The number of allylic oxidation sites excluding steroid dienone is 1. The summed E-state index contributed by atoms with van der Waals surface area (Å²) in [7, 11) is 0. The zero-order valence-electron chi connectivity index (χ0n) is 7.41. The van der Waals surface area contributed by atoms with Gasteiger partial charge in [-0.15, -0.1) is 0 Å². The molecule has 0 aromatic rings. The van der Waals surface area contributed by atoms with Gasteiger partial charge >= 0.3 is 5.97 Å². The van der Waals surface area contributed by atoms with E-state index in [-0.39, 0.29) is 5.97 Å². The minimum Gasteiger partial charge on any atom is -0.462 e. The Bertz CT molecular complexity index is 278. The third-order valence-electron chi connectivity index (χ3n) is 2.39. The molecule has 1 unspecified atom stereocenters. The second-order valence-electron chi connectivity index (χ2n) is 3.31. The summed E-state index contributed by atoms with van der Waals surface area (Å²) in [6.45, 7) is 3.77. The highest BCUT2D eigenvalue weighted by Gasteiger charge is 2.36. The van der Waals surface area contributed by atoms with Crippen molar-refractivity contribution in [3.05, 3.63) is 24.2 Å². The minimum atomic E-state index is -0.353. The lowest BCUT2D eigenvalue weighted by Gasteiger charge is -2.11. The Labute approximate surface area is 77.0 Å². The molecule has 0 saturated heterocycles. The third-order valence-corrected chi connectivity index (χ3v) is 2.39. The molecule has 1 atom stereocenters. The number of carbonyl (C=O) groups is 1. The van der Waals surface area contributed by atoms with Gasteiger partial charge in [-0.1, -0.05) is 6.58 Å².